The Morgan fingerprint density at radius 3 is 2.18 bits per heavy atom. The number of carbonyl (C=O) groups excluding carboxylic acids is 2. The van der Waals surface area contributed by atoms with Gasteiger partial charge in [-0.3, -0.25) is 9.59 Å². The number of fused-ring (bicyclic) bond motifs is 6. The fraction of sp³-hybridized carbons (Fsp3) is 0.262. The lowest BCUT2D eigenvalue weighted by molar-refractivity contribution is -0.141. The maximum absolute atomic E-state index is 14.7. The van der Waals surface area contributed by atoms with E-state index < -0.39 is 29.7 Å². The Balaban J connectivity index is 1.18. The van der Waals surface area contributed by atoms with Gasteiger partial charge in [-0.2, -0.15) is 0 Å². The first-order chi connectivity index (χ1) is 26.8. The van der Waals surface area contributed by atoms with E-state index in [0.29, 0.717) is 45.9 Å². The van der Waals surface area contributed by atoms with Gasteiger partial charge in [0.15, 0.2) is 34.5 Å². The lowest BCUT2D eigenvalue weighted by Gasteiger charge is -2.39. The highest BCUT2D eigenvalue weighted by atomic mass is 16.7. The van der Waals surface area contributed by atoms with Gasteiger partial charge in [-0.25, -0.2) is 4.98 Å². The molecule has 280 valence electrons. The zero-order valence-electron chi connectivity index (χ0n) is 30.7. The molecule has 0 radical (unpaired) electrons. The Bertz CT molecular complexity index is 2500. The number of benzene rings is 4. The van der Waals surface area contributed by atoms with Crippen LogP contribution in [0.5, 0.6) is 40.2 Å². The second-order valence-electron chi connectivity index (χ2n) is 13.6. The number of methoxy groups -OCH3 is 5. The normalized spacial score (nSPS) is 19.4. The number of nitrogens with zero attached hydrogens (tertiary/aromatic N) is 1. The van der Waals surface area contributed by atoms with Gasteiger partial charge < -0.3 is 48.2 Å². The van der Waals surface area contributed by atoms with Crippen molar-refractivity contribution in [3.63, 3.8) is 0 Å². The molecule has 4 atom stereocenters. The number of amides is 1. The molecule has 1 aliphatic carbocycles. The molecule has 13 nitrogen and oxygen atoms in total. The quantitative estimate of drug-likeness (QED) is 0.155. The number of rotatable bonds is 9. The first kappa shape index (κ1) is 34.2. The SMILES string of the molecule is COc1ccc(-c2nc(C(=O)N[C@@H]3c4cc5c(cc4[C@@H](c4cc(OC)c(OC)c(OC)c4)[C@H]4C(=O)OC[C@@H]43)OCO5)cc3c2[nH]c2ccccc23)cc1OC. The molecule has 9 rings (SSSR count). The van der Waals surface area contributed by atoms with Crippen LogP contribution in [0.25, 0.3) is 33.1 Å². The van der Waals surface area contributed by atoms with Crippen molar-refractivity contribution in [1.82, 2.24) is 15.3 Å². The van der Waals surface area contributed by atoms with Crippen LogP contribution in [0, 0.1) is 11.8 Å². The highest BCUT2D eigenvalue weighted by Crippen LogP contribution is 2.55. The molecule has 0 spiro atoms. The largest absolute Gasteiger partial charge is 0.493 e. The summed E-state index contributed by atoms with van der Waals surface area (Å²) in [6.45, 7) is 0.140. The molecule has 0 bridgehead atoms. The van der Waals surface area contributed by atoms with Crippen LogP contribution in [-0.2, 0) is 9.53 Å². The maximum atomic E-state index is 14.7. The van der Waals surface area contributed by atoms with Crippen LogP contribution in [0.3, 0.4) is 0 Å². The summed E-state index contributed by atoms with van der Waals surface area (Å²) in [5.74, 6) is 1.06. The number of aromatic amines is 1. The molecule has 3 aliphatic rings. The molecule has 2 aliphatic heterocycles. The lowest BCUT2D eigenvalue weighted by Crippen LogP contribution is -2.43. The zero-order valence-corrected chi connectivity index (χ0v) is 30.7. The van der Waals surface area contributed by atoms with E-state index in [2.05, 4.69) is 10.3 Å². The number of cyclic esters (lactones) is 1. The van der Waals surface area contributed by atoms with E-state index in [-0.39, 0.29) is 25.1 Å². The Labute approximate surface area is 315 Å². The third-order valence-corrected chi connectivity index (χ3v) is 10.9. The first-order valence-electron chi connectivity index (χ1n) is 17.7. The van der Waals surface area contributed by atoms with E-state index >= 15 is 0 Å². The number of hydrogen-bond acceptors (Lipinski definition) is 11. The van der Waals surface area contributed by atoms with Crippen LogP contribution in [0.15, 0.2) is 72.8 Å². The number of aromatic nitrogens is 2. The van der Waals surface area contributed by atoms with Crippen LogP contribution in [-0.4, -0.2) is 70.8 Å². The minimum atomic E-state index is -0.674. The summed E-state index contributed by atoms with van der Waals surface area (Å²) in [6.07, 6.45) is 0. The summed E-state index contributed by atoms with van der Waals surface area (Å²) < 4.78 is 45.6. The van der Waals surface area contributed by atoms with Crippen molar-refractivity contribution in [2.45, 2.75) is 12.0 Å². The van der Waals surface area contributed by atoms with E-state index in [9.17, 15) is 9.59 Å². The van der Waals surface area contributed by atoms with Gasteiger partial charge in [0.05, 0.1) is 65.3 Å². The third-order valence-electron chi connectivity index (χ3n) is 10.9. The molecule has 1 fully saturated rings. The molecule has 13 heteroatoms. The summed E-state index contributed by atoms with van der Waals surface area (Å²) in [4.78, 5) is 36.9. The number of esters is 1. The summed E-state index contributed by atoms with van der Waals surface area (Å²) >= 11 is 0. The van der Waals surface area contributed by atoms with Gasteiger partial charge in [0.25, 0.3) is 5.91 Å². The molecule has 6 aromatic rings. The number of hydrogen-bond donors (Lipinski definition) is 2. The average molecular weight is 744 g/mol. The summed E-state index contributed by atoms with van der Waals surface area (Å²) in [7, 11) is 7.78. The molecule has 0 saturated carbocycles. The molecular formula is C42H37N3O10. The van der Waals surface area contributed by atoms with Crippen molar-refractivity contribution in [3.8, 4) is 51.5 Å². The maximum Gasteiger partial charge on any atom is 0.310 e. The van der Waals surface area contributed by atoms with E-state index in [1.165, 1.54) is 7.11 Å². The van der Waals surface area contributed by atoms with E-state index in [1.54, 1.807) is 34.5 Å². The van der Waals surface area contributed by atoms with Gasteiger partial charge in [0.2, 0.25) is 12.5 Å². The van der Waals surface area contributed by atoms with Gasteiger partial charge >= 0.3 is 5.97 Å². The van der Waals surface area contributed by atoms with Crippen LogP contribution >= 0.6 is 0 Å². The average Bonchev–Trinajstić information content (AvgIpc) is 3.95. The molecule has 0 unspecified atom stereocenters. The van der Waals surface area contributed by atoms with Gasteiger partial charge in [-0.15, -0.1) is 0 Å². The zero-order chi connectivity index (χ0) is 38.0. The van der Waals surface area contributed by atoms with E-state index in [4.69, 9.17) is 42.9 Å². The summed E-state index contributed by atoms with van der Waals surface area (Å²) in [5.41, 5.74) is 5.44. The fourth-order valence-corrected chi connectivity index (χ4v) is 8.40. The van der Waals surface area contributed by atoms with Crippen LogP contribution in [0.1, 0.15) is 39.1 Å². The first-order valence-corrected chi connectivity index (χ1v) is 17.7. The molecule has 4 aromatic carbocycles. The van der Waals surface area contributed by atoms with Crippen LogP contribution < -0.4 is 38.5 Å². The monoisotopic (exact) mass is 743 g/mol. The Morgan fingerprint density at radius 1 is 0.764 bits per heavy atom. The number of H-pyrrole nitrogens is 1. The van der Waals surface area contributed by atoms with E-state index in [0.717, 1.165) is 44.1 Å². The Morgan fingerprint density at radius 2 is 1.47 bits per heavy atom. The van der Waals surface area contributed by atoms with Crippen LogP contribution in [0.2, 0.25) is 0 Å². The van der Waals surface area contributed by atoms with Crippen molar-refractivity contribution in [2.75, 3.05) is 48.9 Å². The standard InChI is InChI=1S/C42H37N3O10/c1-48-29-11-10-20(12-30(29)49-2)37-39-24(22-8-6-7-9-27(22)43-39)15-28(44-37)41(46)45-38-25-17-32-31(54-19-55-32)16-23(25)35(36-26(38)18-53-42(36)47)21-13-33(50-3)40(52-5)34(14-21)51-4/h6-17,26,35-36,38,43H,18-19H2,1-5H3,(H,45,46)/t26-,35+,36-,38+/m0/s1. The fourth-order valence-electron chi connectivity index (χ4n) is 8.40. The topological polar surface area (TPSA) is 149 Å². The second kappa shape index (κ2) is 13.3. The number of ether oxygens (including phenoxy) is 8. The second-order valence-corrected chi connectivity index (χ2v) is 13.6. The minimum absolute atomic E-state index is 0.0481. The Hall–Kier alpha value is -6.63. The van der Waals surface area contributed by atoms with E-state index in [1.807, 2.05) is 66.7 Å². The molecule has 1 amide bonds. The number of carbonyl (C=O) groups is 2. The molecule has 1 saturated heterocycles. The smallest absolute Gasteiger partial charge is 0.310 e. The Kier molecular flexibility index (Phi) is 8.29. The minimum Gasteiger partial charge on any atom is -0.493 e. The molecule has 2 N–H and O–H groups in total. The molecule has 4 heterocycles. The van der Waals surface area contributed by atoms with Gasteiger partial charge in [0.1, 0.15) is 5.69 Å². The van der Waals surface area contributed by atoms with Crippen molar-refractivity contribution in [3.05, 3.63) is 95.2 Å². The highest BCUT2D eigenvalue weighted by Gasteiger charge is 2.53. The van der Waals surface area contributed by atoms with Crippen molar-refractivity contribution >= 4 is 33.7 Å². The summed E-state index contributed by atoms with van der Waals surface area (Å²) in [6, 6.07) is 22.0. The molecular weight excluding hydrogens is 706 g/mol. The number of nitrogens with one attached hydrogen (secondary N) is 2. The summed E-state index contributed by atoms with van der Waals surface area (Å²) in [5, 5.41) is 5.05. The van der Waals surface area contributed by atoms with Crippen LogP contribution in [0.4, 0.5) is 0 Å². The molecule has 2 aromatic heterocycles. The van der Waals surface area contributed by atoms with Gasteiger partial charge in [0, 0.05) is 33.7 Å². The van der Waals surface area contributed by atoms with Crippen molar-refractivity contribution in [2.24, 2.45) is 11.8 Å². The third kappa shape index (κ3) is 5.40. The predicted octanol–water partition coefficient (Wildman–Crippen LogP) is 6.56. The van der Waals surface area contributed by atoms with Crippen molar-refractivity contribution < 1.29 is 47.5 Å². The predicted molar refractivity (Wildman–Crippen MR) is 201 cm³/mol. The molecule has 55 heavy (non-hydrogen) atoms. The highest BCUT2D eigenvalue weighted by molar-refractivity contribution is 6.13. The van der Waals surface area contributed by atoms with Gasteiger partial charge in [-0.05, 0) is 71.3 Å². The van der Waals surface area contributed by atoms with Crippen molar-refractivity contribution in [1.29, 1.82) is 0 Å². The van der Waals surface area contributed by atoms with Gasteiger partial charge in [-0.1, -0.05) is 18.2 Å². The number of para-hydroxylation sites is 1. The number of pyridine rings is 1. The lowest BCUT2D eigenvalue weighted by atomic mass is 9.65.